The van der Waals surface area contributed by atoms with Crippen molar-refractivity contribution in [2.45, 2.75) is 31.6 Å². The quantitative estimate of drug-likeness (QED) is 0.765. The number of benzene rings is 2. The molecular formula is C20H22N2O2S. The molecule has 130 valence electrons. The number of hydrogen-bond acceptors (Lipinski definition) is 2. The summed E-state index contributed by atoms with van der Waals surface area (Å²) in [6.07, 6.45) is 1.46. The van der Waals surface area contributed by atoms with Gasteiger partial charge in [-0.05, 0) is 49.1 Å². The lowest BCUT2D eigenvalue weighted by Crippen LogP contribution is -2.33. The molecule has 0 radical (unpaired) electrons. The molecule has 0 atom stereocenters. The van der Waals surface area contributed by atoms with E-state index in [0.717, 1.165) is 23.1 Å². The summed E-state index contributed by atoms with van der Waals surface area (Å²) in [7, 11) is -3.47. The van der Waals surface area contributed by atoms with Crippen LogP contribution < -0.4 is 0 Å². The molecule has 0 unspecified atom stereocenters. The van der Waals surface area contributed by atoms with Crippen molar-refractivity contribution in [3.63, 3.8) is 0 Å². The minimum absolute atomic E-state index is 0.433. The Morgan fingerprint density at radius 1 is 1.00 bits per heavy atom. The third-order valence-electron chi connectivity index (χ3n) is 5.09. The van der Waals surface area contributed by atoms with Gasteiger partial charge >= 0.3 is 0 Å². The van der Waals surface area contributed by atoms with Crippen LogP contribution in [0.25, 0.3) is 10.9 Å². The molecule has 0 spiro atoms. The highest BCUT2D eigenvalue weighted by Gasteiger charge is 2.29. The Morgan fingerprint density at radius 3 is 2.60 bits per heavy atom. The number of nitrogens with one attached hydrogen (secondary N) is 1. The van der Waals surface area contributed by atoms with Gasteiger partial charge in [0.2, 0.25) is 10.0 Å². The largest absolute Gasteiger partial charge is 0.358 e. The second-order valence-corrected chi connectivity index (χ2v) is 8.71. The normalized spacial score (nSPS) is 15.9. The smallest absolute Gasteiger partial charge is 0.243 e. The fraction of sp³-hybridized carbons (Fsp3) is 0.300. The van der Waals surface area contributed by atoms with Gasteiger partial charge in [0.25, 0.3) is 0 Å². The van der Waals surface area contributed by atoms with E-state index in [1.165, 1.54) is 16.6 Å². The molecule has 4 rings (SSSR count). The van der Waals surface area contributed by atoms with Gasteiger partial charge in [-0.25, -0.2) is 8.42 Å². The van der Waals surface area contributed by atoms with Crippen molar-refractivity contribution in [2.24, 2.45) is 0 Å². The number of fused-ring (bicyclic) bond motifs is 3. The van der Waals surface area contributed by atoms with Crippen LogP contribution in [0, 0.1) is 13.8 Å². The zero-order chi connectivity index (χ0) is 17.6. The number of aromatic amines is 1. The average molecular weight is 354 g/mol. The molecule has 4 nitrogen and oxygen atoms in total. The maximum Gasteiger partial charge on any atom is 0.243 e. The molecule has 3 aromatic rings. The van der Waals surface area contributed by atoms with E-state index in [1.54, 1.807) is 10.4 Å². The van der Waals surface area contributed by atoms with E-state index in [9.17, 15) is 8.42 Å². The molecule has 1 aromatic heterocycles. The lowest BCUT2D eigenvalue weighted by atomic mass is 10.1. The molecule has 1 aliphatic rings. The van der Waals surface area contributed by atoms with Crippen LogP contribution in [-0.4, -0.2) is 30.8 Å². The lowest BCUT2D eigenvalue weighted by molar-refractivity contribution is 0.425. The first-order valence-electron chi connectivity index (χ1n) is 8.62. The van der Waals surface area contributed by atoms with Crippen LogP contribution in [0.15, 0.2) is 47.4 Å². The Labute approximate surface area is 148 Å². The summed E-state index contributed by atoms with van der Waals surface area (Å²) in [6.45, 7) is 4.82. The maximum atomic E-state index is 13.2. The lowest BCUT2D eigenvalue weighted by Gasteiger charge is -2.21. The molecule has 5 heteroatoms. The van der Waals surface area contributed by atoms with E-state index in [4.69, 9.17) is 0 Å². The number of aromatic nitrogens is 1. The van der Waals surface area contributed by atoms with Gasteiger partial charge in [0.15, 0.2) is 0 Å². The molecule has 1 N–H and O–H groups in total. The summed E-state index contributed by atoms with van der Waals surface area (Å²) >= 11 is 0. The Kier molecular flexibility index (Phi) is 3.93. The van der Waals surface area contributed by atoms with Gasteiger partial charge in [-0.3, -0.25) is 0 Å². The minimum Gasteiger partial charge on any atom is -0.358 e. The van der Waals surface area contributed by atoms with Crippen molar-refractivity contribution in [1.29, 1.82) is 0 Å². The highest BCUT2D eigenvalue weighted by molar-refractivity contribution is 7.89. The molecule has 0 saturated carbocycles. The summed E-state index contributed by atoms with van der Waals surface area (Å²) in [5.74, 6) is 0. The van der Waals surface area contributed by atoms with Crippen molar-refractivity contribution in [3.05, 3.63) is 64.8 Å². The predicted octanol–water partition coefficient (Wildman–Crippen LogP) is 3.57. The number of H-pyrrole nitrogens is 1. The van der Waals surface area contributed by atoms with E-state index < -0.39 is 10.0 Å². The van der Waals surface area contributed by atoms with Gasteiger partial charge in [-0.15, -0.1) is 0 Å². The molecule has 2 aromatic carbocycles. The number of aryl methyl sites for hydroxylation is 2. The van der Waals surface area contributed by atoms with Crippen LogP contribution in [-0.2, 0) is 22.9 Å². The first-order valence-corrected chi connectivity index (χ1v) is 10.1. The second-order valence-electron chi connectivity index (χ2n) is 6.80. The zero-order valence-corrected chi connectivity index (χ0v) is 15.4. The molecule has 0 aliphatic carbocycles. The Hall–Kier alpha value is -2.11. The summed E-state index contributed by atoms with van der Waals surface area (Å²) < 4.78 is 28.0. The highest BCUT2D eigenvalue weighted by atomic mass is 32.2. The van der Waals surface area contributed by atoms with E-state index in [0.29, 0.717) is 24.4 Å². The van der Waals surface area contributed by atoms with E-state index in [2.05, 4.69) is 17.1 Å². The van der Waals surface area contributed by atoms with Crippen molar-refractivity contribution in [2.75, 3.05) is 13.1 Å². The monoisotopic (exact) mass is 354 g/mol. The van der Waals surface area contributed by atoms with Crippen LogP contribution in [0.2, 0.25) is 0 Å². The number of hydrogen-bond donors (Lipinski definition) is 1. The number of rotatable bonds is 2. The molecule has 0 saturated heterocycles. The van der Waals surface area contributed by atoms with Gasteiger partial charge in [-0.2, -0.15) is 4.31 Å². The topological polar surface area (TPSA) is 53.2 Å². The van der Waals surface area contributed by atoms with Gasteiger partial charge in [0.1, 0.15) is 0 Å². The first kappa shape index (κ1) is 16.4. The Balaban J connectivity index is 1.68. The number of nitrogens with zero attached hydrogens (tertiary/aromatic N) is 1. The molecule has 0 amide bonds. The van der Waals surface area contributed by atoms with Gasteiger partial charge in [0, 0.05) is 36.1 Å². The SMILES string of the molecule is Cc1ccc(C)c(S(=O)(=O)N2CCc3[nH]c4ccccc4c3CC2)c1. The van der Waals surface area contributed by atoms with Gasteiger partial charge in [-0.1, -0.05) is 30.3 Å². The van der Waals surface area contributed by atoms with Crippen molar-refractivity contribution in [3.8, 4) is 0 Å². The number of para-hydroxylation sites is 1. The van der Waals surface area contributed by atoms with Gasteiger partial charge < -0.3 is 4.98 Å². The van der Waals surface area contributed by atoms with E-state index in [1.807, 2.05) is 38.1 Å². The van der Waals surface area contributed by atoms with Crippen LogP contribution in [0.1, 0.15) is 22.4 Å². The van der Waals surface area contributed by atoms with Crippen molar-refractivity contribution < 1.29 is 8.42 Å². The van der Waals surface area contributed by atoms with Crippen LogP contribution in [0.4, 0.5) is 0 Å². The fourth-order valence-corrected chi connectivity index (χ4v) is 5.46. The molecular weight excluding hydrogens is 332 g/mol. The van der Waals surface area contributed by atoms with Crippen LogP contribution in [0.5, 0.6) is 0 Å². The fourth-order valence-electron chi connectivity index (χ4n) is 3.70. The summed E-state index contributed by atoms with van der Waals surface area (Å²) in [5, 5.41) is 1.21. The first-order chi connectivity index (χ1) is 12.0. The van der Waals surface area contributed by atoms with Crippen molar-refractivity contribution >= 4 is 20.9 Å². The molecule has 0 fully saturated rings. The average Bonchev–Trinajstić information content (AvgIpc) is 2.80. The Morgan fingerprint density at radius 2 is 1.76 bits per heavy atom. The zero-order valence-electron chi connectivity index (χ0n) is 14.5. The highest BCUT2D eigenvalue weighted by Crippen LogP contribution is 2.28. The third kappa shape index (κ3) is 2.77. The van der Waals surface area contributed by atoms with Crippen molar-refractivity contribution in [1.82, 2.24) is 9.29 Å². The number of sulfonamides is 1. The summed E-state index contributed by atoms with van der Waals surface area (Å²) in [5.41, 5.74) is 5.33. The van der Waals surface area contributed by atoms with E-state index >= 15 is 0 Å². The third-order valence-corrected chi connectivity index (χ3v) is 7.13. The Bertz CT molecular complexity index is 1050. The molecule has 0 bridgehead atoms. The van der Waals surface area contributed by atoms with Crippen LogP contribution >= 0.6 is 0 Å². The molecule has 25 heavy (non-hydrogen) atoms. The van der Waals surface area contributed by atoms with Gasteiger partial charge in [0.05, 0.1) is 4.90 Å². The standard InChI is InChI=1S/C20H22N2O2S/c1-14-7-8-15(2)20(13-14)25(23,24)22-11-9-17-16-5-3-4-6-18(16)21-19(17)10-12-22/h3-8,13,21H,9-12H2,1-2H3. The summed E-state index contributed by atoms with van der Waals surface area (Å²) in [4.78, 5) is 3.90. The molecule has 2 heterocycles. The predicted molar refractivity (Wildman–Crippen MR) is 100 cm³/mol. The minimum atomic E-state index is -3.47. The van der Waals surface area contributed by atoms with E-state index in [-0.39, 0.29) is 0 Å². The maximum absolute atomic E-state index is 13.2. The second kappa shape index (κ2) is 6.00. The van der Waals surface area contributed by atoms with Crippen LogP contribution in [0.3, 0.4) is 0 Å². The summed E-state index contributed by atoms with van der Waals surface area (Å²) in [6, 6.07) is 13.9. The molecule has 1 aliphatic heterocycles.